The first-order valence-corrected chi connectivity index (χ1v) is 10.5. The molecule has 0 bridgehead atoms. The minimum atomic E-state index is -3.87. The van der Waals surface area contributed by atoms with Gasteiger partial charge in [0.1, 0.15) is 6.04 Å². The predicted octanol–water partition coefficient (Wildman–Crippen LogP) is 3.26. The molecule has 0 aliphatic heterocycles. The van der Waals surface area contributed by atoms with Gasteiger partial charge in [-0.2, -0.15) is 0 Å². The molecule has 0 aromatic heterocycles. The summed E-state index contributed by atoms with van der Waals surface area (Å²) in [7, 11) is -3.87. The quantitative estimate of drug-likeness (QED) is 0.562. The van der Waals surface area contributed by atoms with E-state index in [0.717, 1.165) is 27.8 Å². The number of nitrogens with zero attached hydrogens (tertiary/aromatic N) is 2. The van der Waals surface area contributed by atoms with E-state index in [9.17, 15) is 23.3 Å². The molecule has 0 fully saturated rings. The lowest BCUT2D eigenvalue weighted by Gasteiger charge is -2.28. The second-order valence-electron chi connectivity index (χ2n) is 6.46. The number of non-ortho nitro benzene ring substituents is 1. The van der Waals surface area contributed by atoms with Gasteiger partial charge in [-0.15, -0.1) is 0 Å². The van der Waals surface area contributed by atoms with Crippen LogP contribution in [-0.4, -0.2) is 31.5 Å². The number of para-hydroxylation sites is 1. The monoisotopic (exact) mass is 405 g/mol. The summed E-state index contributed by atoms with van der Waals surface area (Å²) < 4.78 is 25.6. The zero-order chi connectivity index (χ0) is 21.1. The number of hydrogen-bond acceptors (Lipinski definition) is 5. The highest BCUT2D eigenvalue weighted by Crippen LogP contribution is 2.27. The minimum Gasteiger partial charge on any atom is -0.324 e. The van der Waals surface area contributed by atoms with Crippen molar-refractivity contribution in [2.75, 3.05) is 15.9 Å². The summed E-state index contributed by atoms with van der Waals surface area (Å²) in [4.78, 5) is 23.3. The molecule has 2 aromatic carbocycles. The van der Waals surface area contributed by atoms with E-state index in [1.165, 1.54) is 25.1 Å². The molecule has 2 aromatic rings. The van der Waals surface area contributed by atoms with Crippen molar-refractivity contribution >= 4 is 33.0 Å². The third kappa shape index (κ3) is 4.66. The van der Waals surface area contributed by atoms with Crippen LogP contribution in [0.1, 0.15) is 25.0 Å². The number of anilines is 2. The van der Waals surface area contributed by atoms with Gasteiger partial charge in [-0.1, -0.05) is 31.2 Å². The molecule has 0 aliphatic rings. The number of hydrogen-bond donors (Lipinski definition) is 1. The van der Waals surface area contributed by atoms with Crippen molar-refractivity contribution in [3.63, 3.8) is 0 Å². The summed E-state index contributed by atoms with van der Waals surface area (Å²) >= 11 is 0. The highest BCUT2D eigenvalue weighted by molar-refractivity contribution is 7.92. The number of nitro groups is 1. The summed E-state index contributed by atoms with van der Waals surface area (Å²) in [5, 5.41) is 13.8. The normalized spacial score (nSPS) is 12.3. The van der Waals surface area contributed by atoms with Crippen molar-refractivity contribution in [3.05, 3.63) is 63.7 Å². The molecule has 1 amide bonds. The first-order chi connectivity index (χ1) is 13.1. The molecule has 8 nitrogen and oxygen atoms in total. The highest BCUT2D eigenvalue weighted by atomic mass is 32.2. The number of rotatable bonds is 7. The number of nitrogens with one attached hydrogen (secondary N) is 1. The molecule has 0 spiro atoms. The molecule has 150 valence electrons. The Morgan fingerprint density at radius 2 is 1.89 bits per heavy atom. The summed E-state index contributed by atoms with van der Waals surface area (Å²) in [5.41, 5.74) is 2.24. The summed E-state index contributed by atoms with van der Waals surface area (Å²) in [6.45, 7) is 5.26. The SMILES string of the molecule is CCc1cccc(C)c1NC(=O)[C@@H](C)N(c1cccc([N+](=O)[O-])c1)S(C)(=O)=O. The third-order valence-corrected chi connectivity index (χ3v) is 5.61. The van der Waals surface area contributed by atoms with Gasteiger partial charge in [-0.25, -0.2) is 8.42 Å². The fourth-order valence-corrected chi connectivity index (χ4v) is 4.15. The van der Waals surface area contributed by atoms with Crippen molar-refractivity contribution in [1.82, 2.24) is 0 Å². The average Bonchev–Trinajstić information content (AvgIpc) is 2.62. The van der Waals surface area contributed by atoms with E-state index in [0.29, 0.717) is 12.1 Å². The third-order valence-electron chi connectivity index (χ3n) is 4.37. The molecule has 0 unspecified atom stereocenters. The van der Waals surface area contributed by atoms with Crippen LogP contribution in [0.3, 0.4) is 0 Å². The van der Waals surface area contributed by atoms with Crippen molar-refractivity contribution in [1.29, 1.82) is 0 Å². The first kappa shape index (κ1) is 21.4. The lowest BCUT2D eigenvalue weighted by Crippen LogP contribution is -2.45. The summed E-state index contributed by atoms with van der Waals surface area (Å²) in [6.07, 6.45) is 1.66. The van der Waals surface area contributed by atoms with Gasteiger partial charge < -0.3 is 5.32 Å². The van der Waals surface area contributed by atoms with Gasteiger partial charge in [-0.3, -0.25) is 19.2 Å². The van der Waals surface area contributed by atoms with Crippen LogP contribution in [0.25, 0.3) is 0 Å². The molecule has 2 rings (SSSR count). The van der Waals surface area contributed by atoms with E-state index in [1.54, 1.807) is 0 Å². The Balaban J connectivity index is 2.42. The number of aryl methyl sites for hydroxylation is 2. The maximum atomic E-state index is 12.9. The van der Waals surface area contributed by atoms with E-state index >= 15 is 0 Å². The van der Waals surface area contributed by atoms with Crippen LogP contribution in [0.5, 0.6) is 0 Å². The second kappa shape index (κ2) is 8.39. The van der Waals surface area contributed by atoms with Crippen molar-refractivity contribution in [2.45, 2.75) is 33.2 Å². The lowest BCUT2D eigenvalue weighted by atomic mass is 10.1. The van der Waals surface area contributed by atoms with Crippen LogP contribution < -0.4 is 9.62 Å². The van der Waals surface area contributed by atoms with E-state index in [1.807, 2.05) is 32.0 Å². The maximum Gasteiger partial charge on any atom is 0.271 e. The van der Waals surface area contributed by atoms with Crippen LogP contribution >= 0.6 is 0 Å². The van der Waals surface area contributed by atoms with Gasteiger partial charge in [0.05, 0.1) is 16.9 Å². The maximum absolute atomic E-state index is 12.9. The highest BCUT2D eigenvalue weighted by Gasteiger charge is 2.30. The van der Waals surface area contributed by atoms with Crippen molar-refractivity contribution < 1.29 is 18.1 Å². The summed E-state index contributed by atoms with van der Waals surface area (Å²) in [5.74, 6) is -0.527. The molecule has 0 radical (unpaired) electrons. The Morgan fingerprint density at radius 1 is 1.25 bits per heavy atom. The summed E-state index contributed by atoms with van der Waals surface area (Å²) in [6, 6.07) is 9.72. The fourth-order valence-electron chi connectivity index (χ4n) is 2.98. The van der Waals surface area contributed by atoms with Gasteiger partial charge in [0.15, 0.2) is 0 Å². The molecule has 1 atom stereocenters. The van der Waals surface area contributed by atoms with Gasteiger partial charge in [-0.05, 0) is 37.5 Å². The van der Waals surface area contributed by atoms with E-state index in [2.05, 4.69) is 5.32 Å². The van der Waals surface area contributed by atoms with Gasteiger partial charge in [0.2, 0.25) is 15.9 Å². The molecule has 9 heteroatoms. The fraction of sp³-hybridized carbons (Fsp3) is 0.316. The van der Waals surface area contributed by atoms with Crippen LogP contribution in [0.4, 0.5) is 17.1 Å². The minimum absolute atomic E-state index is 0.0554. The van der Waals surface area contributed by atoms with Crippen molar-refractivity contribution in [3.8, 4) is 0 Å². The Bertz CT molecular complexity index is 1000. The Kier molecular flexibility index (Phi) is 6.40. The van der Waals surface area contributed by atoms with Crippen LogP contribution in [-0.2, 0) is 21.2 Å². The topological polar surface area (TPSA) is 110 Å². The molecule has 1 N–H and O–H groups in total. The molecule has 0 saturated carbocycles. The van der Waals surface area contributed by atoms with Crippen LogP contribution in [0, 0.1) is 17.0 Å². The Labute approximate surface area is 164 Å². The first-order valence-electron chi connectivity index (χ1n) is 8.69. The molecule has 28 heavy (non-hydrogen) atoms. The van der Waals surface area contributed by atoms with E-state index < -0.39 is 26.9 Å². The Hall–Kier alpha value is -2.94. The van der Waals surface area contributed by atoms with Crippen LogP contribution in [0.15, 0.2) is 42.5 Å². The van der Waals surface area contributed by atoms with Crippen molar-refractivity contribution in [2.24, 2.45) is 0 Å². The number of sulfonamides is 1. The second-order valence-corrected chi connectivity index (χ2v) is 8.32. The zero-order valence-electron chi connectivity index (χ0n) is 16.2. The zero-order valence-corrected chi connectivity index (χ0v) is 17.0. The van der Waals surface area contributed by atoms with Crippen LogP contribution in [0.2, 0.25) is 0 Å². The largest absolute Gasteiger partial charge is 0.324 e. The number of nitro benzene ring substituents is 1. The smallest absolute Gasteiger partial charge is 0.271 e. The molecule has 0 saturated heterocycles. The van der Waals surface area contributed by atoms with Gasteiger partial charge in [0.25, 0.3) is 5.69 Å². The molecular formula is C19H23N3O5S. The van der Waals surface area contributed by atoms with Gasteiger partial charge >= 0.3 is 0 Å². The predicted molar refractivity (Wildman–Crippen MR) is 109 cm³/mol. The number of carbonyl (C=O) groups excluding carboxylic acids is 1. The standard InChI is InChI=1S/C19H23N3O5S/c1-5-15-9-6-8-13(2)18(15)20-19(23)14(3)21(28(4,26)27)16-10-7-11-17(12-16)22(24)25/h6-12,14H,5H2,1-4H3,(H,20,23)/t14-/m1/s1. The van der Waals surface area contributed by atoms with E-state index in [-0.39, 0.29) is 11.4 Å². The van der Waals surface area contributed by atoms with Gasteiger partial charge in [0, 0.05) is 17.8 Å². The number of benzene rings is 2. The average molecular weight is 405 g/mol. The lowest BCUT2D eigenvalue weighted by molar-refractivity contribution is -0.384. The molecule has 0 heterocycles. The number of amides is 1. The number of carbonyl (C=O) groups is 1. The van der Waals surface area contributed by atoms with E-state index in [4.69, 9.17) is 0 Å². The Morgan fingerprint density at radius 3 is 2.46 bits per heavy atom. The molecule has 0 aliphatic carbocycles. The molecular weight excluding hydrogens is 382 g/mol.